The fraction of sp³-hybridized carbons (Fsp3) is 0.562. The molecule has 1 unspecified atom stereocenters. The van der Waals surface area contributed by atoms with Crippen molar-refractivity contribution >= 4 is 17.5 Å². The van der Waals surface area contributed by atoms with E-state index in [4.69, 9.17) is 16.3 Å². The summed E-state index contributed by atoms with van der Waals surface area (Å²) in [7, 11) is 1.94. The van der Waals surface area contributed by atoms with Gasteiger partial charge in [0.15, 0.2) is 6.61 Å². The van der Waals surface area contributed by atoms with Gasteiger partial charge in [-0.05, 0) is 63.5 Å². The molecular formula is C16H23ClN2O2. The normalized spacial score (nSPS) is 18.6. The van der Waals surface area contributed by atoms with Crippen molar-refractivity contribution in [2.45, 2.75) is 31.7 Å². The van der Waals surface area contributed by atoms with Gasteiger partial charge in [0.2, 0.25) is 0 Å². The Bertz CT molecular complexity index is 450. The molecule has 1 atom stereocenters. The third-order valence-corrected chi connectivity index (χ3v) is 4.10. The average Bonchev–Trinajstić information content (AvgIpc) is 2.52. The Balaban J connectivity index is 1.86. The third-order valence-electron chi connectivity index (χ3n) is 3.85. The molecule has 116 valence electrons. The van der Waals surface area contributed by atoms with E-state index < -0.39 is 0 Å². The van der Waals surface area contributed by atoms with Crippen LogP contribution < -0.4 is 10.1 Å². The van der Waals surface area contributed by atoms with Crippen LogP contribution in [-0.2, 0) is 4.79 Å². The molecule has 1 saturated heterocycles. The van der Waals surface area contributed by atoms with Gasteiger partial charge in [-0.25, -0.2) is 0 Å². The number of carbonyl (C=O) groups is 1. The second-order valence-electron chi connectivity index (χ2n) is 5.37. The maximum absolute atomic E-state index is 12.4. The van der Waals surface area contributed by atoms with Crippen LogP contribution in [0.15, 0.2) is 24.3 Å². The zero-order chi connectivity index (χ0) is 15.1. The lowest BCUT2D eigenvalue weighted by atomic mass is 9.99. The standard InChI is InChI=1S/C16H23ClN2O2/c1-18-10-9-14-4-2-3-11-19(14)16(20)12-21-15-7-5-13(17)6-8-15/h5-8,14,18H,2-4,9-12H2,1H3. The molecule has 1 amide bonds. The van der Waals surface area contributed by atoms with Crippen molar-refractivity contribution in [1.82, 2.24) is 10.2 Å². The van der Waals surface area contributed by atoms with Gasteiger partial charge in [0, 0.05) is 17.6 Å². The maximum atomic E-state index is 12.4. The number of piperidine rings is 1. The maximum Gasteiger partial charge on any atom is 0.260 e. The van der Waals surface area contributed by atoms with Gasteiger partial charge < -0.3 is 15.0 Å². The number of benzene rings is 1. The summed E-state index contributed by atoms with van der Waals surface area (Å²) in [5.74, 6) is 0.752. The van der Waals surface area contributed by atoms with Crippen molar-refractivity contribution in [1.29, 1.82) is 0 Å². The van der Waals surface area contributed by atoms with Gasteiger partial charge in [-0.1, -0.05) is 11.6 Å². The van der Waals surface area contributed by atoms with Gasteiger partial charge in [-0.15, -0.1) is 0 Å². The Kier molecular flexibility index (Phi) is 6.33. The first-order chi connectivity index (χ1) is 10.2. The summed E-state index contributed by atoms with van der Waals surface area (Å²) in [6.45, 7) is 1.88. The fourth-order valence-electron chi connectivity index (χ4n) is 2.70. The molecular weight excluding hydrogens is 288 g/mol. The first-order valence-corrected chi connectivity index (χ1v) is 7.91. The fourth-order valence-corrected chi connectivity index (χ4v) is 2.82. The minimum absolute atomic E-state index is 0.0748. The van der Waals surface area contributed by atoms with Crippen molar-refractivity contribution < 1.29 is 9.53 Å². The van der Waals surface area contributed by atoms with E-state index >= 15 is 0 Å². The molecule has 0 aliphatic carbocycles. The number of rotatable bonds is 6. The van der Waals surface area contributed by atoms with Crippen LogP contribution in [0.4, 0.5) is 0 Å². The molecule has 2 rings (SSSR count). The van der Waals surface area contributed by atoms with Gasteiger partial charge in [0.25, 0.3) is 5.91 Å². The Hall–Kier alpha value is -1.26. The second-order valence-corrected chi connectivity index (χ2v) is 5.81. The van der Waals surface area contributed by atoms with E-state index in [1.165, 1.54) is 6.42 Å². The van der Waals surface area contributed by atoms with Crippen LogP contribution in [0.2, 0.25) is 5.02 Å². The minimum atomic E-state index is 0.0748. The van der Waals surface area contributed by atoms with Crippen molar-refractivity contribution in [3.8, 4) is 5.75 Å². The zero-order valence-electron chi connectivity index (χ0n) is 12.5. The second kappa shape index (κ2) is 8.25. The van der Waals surface area contributed by atoms with Gasteiger partial charge in [0.1, 0.15) is 5.75 Å². The van der Waals surface area contributed by atoms with Crippen LogP contribution in [0.1, 0.15) is 25.7 Å². The molecule has 1 N–H and O–H groups in total. The van der Waals surface area contributed by atoms with E-state index in [2.05, 4.69) is 5.32 Å². The number of likely N-dealkylation sites (tertiary alicyclic amines) is 1. The number of halogens is 1. The molecule has 1 aromatic carbocycles. The summed E-state index contributed by atoms with van der Waals surface area (Å²) < 4.78 is 5.56. The summed E-state index contributed by atoms with van der Waals surface area (Å²) in [6.07, 6.45) is 4.39. The highest BCUT2D eigenvalue weighted by atomic mass is 35.5. The first-order valence-electron chi connectivity index (χ1n) is 7.53. The third kappa shape index (κ3) is 4.90. The van der Waals surface area contributed by atoms with Gasteiger partial charge in [-0.2, -0.15) is 0 Å². The topological polar surface area (TPSA) is 41.6 Å². The Labute approximate surface area is 131 Å². The van der Waals surface area contributed by atoms with E-state index in [-0.39, 0.29) is 12.5 Å². The van der Waals surface area contributed by atoms with Gasteiger partial charge in [0.05, 0.1) is 0 Å². The van der Waals surface area contributed by atoms with E-state index in [9.17, 15) is 4.79 Å². The smallest absolute Gasteiger partial charge is 0.260 e. The molecule has 1 heterocycles. The molecule has 0 aromatic heterocycles. The highest BCUT2D eigenvalue weighted by molar-refractivity contribution is 6.30. The highest BCUT2D eigenvalue weighted by Crippen LogP contribution is 2.20. The van der Waals surface area contributed by atoms with Gasteiger partial charge in [-0.3, -0.25) is 4.79 Å². The van der Waals surface area contributed by atoms with E-state index in [0.29, 0.717) is 16.8 Å². The minimum Gasteiger partial charge on any atom is -0.484 e. The number of ether oxygens (including phenoxy) is 1. The molecule has 0 radical (unpaired) electrons. The average molecular weight is 311 g/mol. The number of amides is 1. The summed E-state index contributed by atoms with van der Waals surface area (Å²) in [5, 5.41) is 3.82. The molecule has 5 heteroatoms. The lowest BCUT2D eigenvalue weighted by Crippen LogP contribution is -2.46. The number of carbonyl (C=O) groups excluding carboxylic acids is 1. The van der Waals surface area contributed by atoms with Crippen LogP contribution >= 0.6 is 11.6 Å². The summed E-state index contributed by atoms with van der Waals surface area (Å²) in [6, 6.07) is 7.43. The highest BCUT2D eigenvalue weighted by Gasteiger charge is 2.26. The number of hydrogen-bond donors (Lipinski definition) is 1. The van der Waals surface area contributed by atoms with Crippen molar-refractivity contribution in [2.75, 3.05) is 26.7 Å². The van der Waals surface area contributed by atoms with Crippen molar-refractivity contribution in [3.05, 3.63) is 29.3 Å². The van der Waals surface area contributed by atoms with Crippen molar-refractivity contribution in [3.63, 3.8) is 0 Å². The molecule has 0 bridgehead atoms. The van der Waals surface area contributed by atoms with E-state index in [1.807, 2.05) is 11.9 Å². The molecule has 4 nitrogen and oxygen atoms in total. The molecule has 21 heavy (non-hydrogen) atoms. The zero-order valence-corrected chi connectivity index (χ0v) is 13.2. The molecule has 1 aromatic rings. The summed E-state index contributed by atoms with van der Waals surface area (Å²) in [5.41, 5.74) is 0. The first kappa shape index (κ1) is 16.1. The molecule has 0 spiro atoms. The molecule has 0 saturated carbocycles. The quantitative estimate of drug-likeness (QED) is 0.878. The number of nitrogens with one attached hydrogen (secondary N) is 1. The molecule has 1 aliphatic heterocycles. The van der Waals surface area contributed by atoms with Crippen LogP contribution in [0, 0.1) is 0 Å². The monoisotopic (exact) mass is 310 g/mol. The van der Waals surface area contributed by atoms with Crippen LogP contribution in [0.5, 0.6) is 5.75 Å². The Morgan fingerprint density at radius 1 is 1.38 bits per heavy atom. The van der Waals surface area contributed by atoms with E-state index in [0.717, 1.165) is 32.4 Å². The Morgan fingerprint density at radius 2 is 2.14 bits per heavy atom. The van der Waals surface area contributed by atoms with Crippen LogP contribution in [-0.4, -0.2) is 43.6 Å². The van der Waals surface area contributed by atoms with Crippen LogP contribution in [0.3, 0.4) is 0 Å². The number of hydrogen-bond acceptors (Lipinski definition) is 3. The predicted octanol–water partition coefficient (Wildman–Crippen LogP) is 2.71. The summed E-state index contributed by atoms with van der Waals surface area (Å²) in [4.78, 5) is 14.3. The summed E-state index contributed by atoms with van der Waals surface area (Å²) >= 11 is 5.83. The SMILES string of the molecule is CNCCC1CCCCN1C(=O)COc1ccc(Cl)cc1. The lowest BCUT2D eigenvalue weighted by molar-refractivity contribution is -0.137. The largest absolute Gasteiger partial charge is 0.484 e. The number of nitrogens with zero attached hydrogens (tertiary/aromatic N) is 1. The van der Waals surface area contributed by atoms with Gasteiger partial charge >= 0.3 is 0 Å². The Morgan fingerprint density at radius 3 is 2.86 bits per heavy atom. The van der Waals surface area contributed by atoms with Crippen LogP contribution in [0.25, 0.3) is 0 Å². The van der Waals surface area contributed by atoms with E-state index in [1.54, 1.807) is 24.3 Å². The van der Waals surface area contributed by atoms with Crippen molar-refractivity contribution in [2.24, 2.45) is 0 Å². The lowest BCUT2D eigenvalue weighted by Gasteiger charge is -2.35. The molecule has 1 fully saturated rings. The molecule has 1 aliphatic rings. The predicted molar refractivity (Wildman–Crippen MR) is 84.8 cm³/mol.